The van der Waals surface area contributed by atoms with Gasteiger partial charge < -0.3 is 15.6 Å². The highest BCUT2D eigenvalue weighted by atomic mass is 19.1. The van der Waals surface area contributed by atoms with Crippen LogP contribution in [0.25, 0.3) is 0 Å². The Morgan fingerprint density at radius 1 is 1.41 bits per heavy atom. The normalized spacial score (nSPS) is 18.8. The molecule has 1 saturated carbocycles. The first-order chi connectivity index (χ1) is 8.05. The lowest BCUT2D eigenvalue weighted by atomic mass is 9.97. The van der Waals surface area contributed by atoms with Crippen molar-refractivity contribution >= 4 is 0 Å². The zero-order valence-corrected chi connectivity index (χ0v) is 9.33. The Morgan fingerprint density at radius 2 is 2.12 bits per heavy atom. The van der Waals surface area contributed by atoms with E-state index in [2.05, 4.69) is 0 Å². The monoisotopic (exact) mass is 243 g/mol. The molecule has 1 aromatic carbocycles. The summed E-state index contributed by atoms with van der Waals surface area (Å²) >= 11 is 0. The second kappa shape index (κ2) is 4.58. The second-order valence-electron chi connectivity index (χ2n) is 4.53. The summed E-state index contributed by atoms with van der Waals surface area (Å²) in [5, 5.41) is 9.23. The molecule has 3 nitrogen and oxygen atoms in total. The molecule has 0 bridgehead atoms. The minimum atomic E-state index is -0.833. The van der Waals surface area contributed by atoms with E-state index in [9.17, 15) is 13.9 Å². The fourth-order valence-electron chi connectivity index (χ4n) is 1.76. The molecule has 0 saturated heterocycles. The lowest BCUT2D eigenvalue weighted by Gasteiger charge is -2.27. The number of halogens is 2. The molecule has 0 aliphatic heterocycles. The standard InChI is InChI=1S/C12H15F2NO2/c13-9-3-4-11(10(14)5-9)17-7-12(15,6-16)8-1-2-8/h3-5,8,16H,1-2,6-7,15H2. The van der Waals surface area contributed by atoms with E-state index >= 15 is 0 Å². The van der Waals surface area contributed by atoms with Crippen molar-refractivity contribution in [2.45, 2.75) is 18.4 Å². The van der Waals surface area contributed by atoms with Crippen LogP contribution in [0.15, 0.2) is 18.2 Å². The minimum Gasteiger partial charge on any atom is -0.488 e. The molecular weight excluding hydrogens is 228 g/mol. The number of nitrogens with two attached hydrogens (primary N) is 1. The van der Waals surface area contributed by atoms with Gasteiger partial charge in [0.1, 0.15) is 12.4 Å². The van der Waals surface area contributed by atoms with E-state index in [0.29, 0.717) is 0 Å². The number of benzene rings is 1. The summed E-state index contributed by atoms with van der Waals surface area (Å²) in [5.41, 5.74) is 5.13. The summed E-state index contributed by atoms with van der Waals surface area (Å²) in [7, 11) is 0. The zero-order valence-electron chi connectivity index (χ0n) is 9.33. The highest BCUT2D eigenvalue weighted by molar-refractivity contribution is 5.25. The van der Waals surface area contributed by atoms with Gasteiger partial charge in [-0.05, 0) is 30.9 Å². The van der Waals surface area contributed by atoms with Crippen molar-refractivity contribution in [2.24, 2.45) is 11.7 Å². The van der Waals surface area contributed by atoms with E-state index in [1.54, 1.807) is 0 Å². The highest BCUT2D eigenvalue weighted by Gasteiger charge is 2.42. The quantitative estimate of drug-likeness (QED) is 0.822. The molecule has 5 heteroatoms. The molecule has 94 valence electrons. The third kappa shape index (κ3) is 2.73. The number of hydrogen-bond acceptors (Lipinski definition) is 3. The second-order valence-corrected chi connectivity index (χ2v) is 4.53. The molecule has 3 N–H and O–H groups in total. The maximum atomic E-state index is 13.3. The maximum Gasteiger partial charge on any atom is 0.167 e. The van der Waals surface area contributed by atoms with Crippen molar-refractivity contribution in [1.29, 1.82) is 0 Å². The average molecular weight is 243 g/mol. The molecule has 2 rings (SSSR count). The summed E-state index contributed by atoms with van der Waals surface area (Å²) in [6.45, 7) is -0.183. The zero-order chi connectivity index (χ0) is 12.5. The molecule has 1 fully saturated rings. The van der Waals surface area contributed by atoms with Gasteiger partial charge in [0.15, 0.2) is 11.6 Å². The third-order valence-electron chi connectivity index (χ3n) is 3.08. The molecule has 0 spiro atoms. The van der Waals surface area contributed by atoms with Gasteiger partial charge >= 0.3 is 0 Å². The number of aliphatic hydroxyl groups is 1. The van der Waals surface area contributed by atoms with Crippen molar-refractivity contribution in [2.75, 3.05) is 13.2 Å². The first-order valence-corrected chi connectivity index (χ1v) is 5.53. The van der Waals surface area contributed by atoms with Crippen molar-refractivity contribution in [1.82, 2.24) is 0 Å². The van der Waals surface area contributed by atoms with Crippen LogP contribution in [0.2, 0.25) is 0 Å². The van der Waals surface area contributed by atoms with Crippen molar-refractivity contribution in [3.8, 4) is 5.75 Å². The number of ether oxygens (including phenoxy) is 1. The van der Waals surface area contributed by atoms with Crippen molar-refractivity contribution < 1.29 is 18.6 Å². The Bertz CT molecular complexity index is 409. The van der Waals surface area contributed by atoms with Crippen molar-refractivity contribution in [3.63, 3.8) is 0 Å². The molecule has 0 heterocycles. The summed E-state index contributed by atoms with van der Waals surface area (Å²) < 4.78 is 31.2. The van der Waals surface area contributed by atoms with Gasteiger partial charge in [0, 0.05) is 6.07 Å². The molecule has 0 aromatic heterocycles. The van der Waals surface area contributed by atoms with E-state index in [1.165, 1.54) is 6.07 Å². The predicted octanol–water partition coefficient (Wildman–Crippen LogP) is 1.44. The Hall–Kier alpha value is -1.20. The van der Waals surface area contributed by atoms with Gasteiger partial charge in [-0.15, -0.1) is 0 Å². The number of aliphatic hydroxyl groups excluding tert-OH is 1. The first-order valence-electron chi connectivity index (χ1n) is 5.53. The van der Waals surface area contributed by atoms with Crippen LogP contribution >= 0.6 is 0 Å². The van der Waals surface area contributed by atoms with Crippen molar-refractivity contribution in [3.05, 3.63) is 29.8 Å². The van der Waals surface area contributed by atoms with Gasteiger partial charge in [-0.25, -0.2) is 8.78 Å². The van der Waals surface area contributed by atoms with Gasteiger partial charge in [0.2, 0.25) is 0 Å². The fraction of sp³-hybridized carbons (Fsp3) is 0.500. The van der Waals surface area contributed by atoms with Crippen LogP contribution in [0, 0.1) is 17.6 Å². The van der Waals surface area contributed by atoms with Gasteiger partial charge in [-0.2, -0.15) is 0 Å². The summed E-state index contributed by atoms with van der Waals surface area (Å²) in [6.07, 6.45) is 1.90. The third-order valence-corrected chi connectivity index (χ3v) is 3.08. The summed E-state index contributed by atoms with van der Waals surface area (Å²) in [4.78, 5) is 0. The number of hydrogen-bond donors (Lipinski definition) is 2. The summed E-state index contributed by atoms with van der Waals surface area (Å²) in [6, 6.07) is 3.09. The fourth-order valence-corrected chi connectivity index (χ4v) is 1.76. The van der Waals surface area contributed by atoms with Crippen LogP contribution in [0.3, 0.4) is 0 Å². The molecule has 1 aliphatic rings. The van der Waals surface area contributed by atoms with Gasteiger partial charge in [-0.3, -0.25) is 0 Å². The molecule has 1 unspecified atom stereocenters. The predicted molar refractivity (Wildman–Crippen MR) is 58.6 cm³/mol. The smallest absolute Gasteiger partial charge is 0.167 e. The van der Waals surface area contributed by atoms with E-state index in [-0.39, 0.29) is 24.9 Å². The lowest BCUT2D eigenvalue weighted by Crippen LogP contribution is -2.51. The molecule has 1 atom stereocenters. The first kappa shape index (κ1) is 12.3. The minimum absolute atomic E-state index is 0.0245. The molecule has 17 heavy (non-hydrogen) atoms. The summed E-state index contributed by atoms with van der Waals surface area (Å²) in [5.74, 6) is -1.24. The molecule has 0 amide bonds. The topological polar surface area (TPSA) is 55.5 Å². The van der Waals surface area contributed by atoms with Crippen LogP contribution in [0.1, 0.15) is 12.8 Å². The maximum absolute atomic E-state index is 13.3. The molecular formula is C12H15F2NO2. The van der Waals surface area contributed by atoms with E-state index in [1.807, 2.05) is 0 Å². The van der Waals surface area contributed by atoms with Crippen LogP contribution in [-0.4, -0.2) is 23.9 Å². The van der Waals surface area contributed by atoms with Gasteiger partial charge in [-0.1, -0.05) is 0 Å². The molecule has 1 aliphatic carbocycles. The lowest BCUT2D eigenvalue weighted by molar-refractivity contribution is 0.114. The highest BCUT2D eigenvalue weighted by Crippen LogP contribution is 2.38. The number of rotatable bonds is 5. The average Bonchev–Trinajstić information content (AvgIpc) is 3.11. The van der Waals surface area contributed by atoms with E-state index in [0.717, 1.165) is 25.0 Å². The Labute approximate surface area is 98.2 Å². The SMILES string of the molecule is NC(CO)(COc1ccc(F)cc1F)C1CC1. The largest absolute Gasteiger partial charge is 0.488 e. The van der Waals surface area contributed by atoms with Crippen LogP contribution in [0.4, 0.5) is 8.78 Å². The van der Waals surface area contributed by atoms with Crippen LogP contribution in [-0.2, 0) is 0 Å². The van der Waals surface area contributed by atoms with E-state index in [4.69, 9.17) is 10.5 Å². The van der Waals surface area contributed by atoms with E-state index < -0.39 is 17.2 Å². The Kier molecular flexibility index (Phi) is 3.31. The molecule has 1 aromatic rings. The Morgan fingerprint density at radius 3 is 2.65 bits per heavy atom. The van der Waals surface area contributed by atoms with Crippen LogP contribution < -0.4 is 10.5 Å². The van der Waals surface area contributed by atoms with Gasteiger partial charge in [0.25, 0.3) is 0 Å². The van der Waals surface area contributed by atoms with Crippen LogP contribution in [0.5, 0.6) is 5.75 Å². The van der Waals surface area contributed by atoms with Gasteiger partial charge in [0.05, 0.1) is 12.1 Å². The Balaban J connectivity index is 2.01. The molecule has 0 radical (unpaired) electrons.